The van der Waals surface area contributed by atoms with Crippen molar-refractivity contribution in [3.8, 4) is 0 Å². The molecule has 0 N–H and O–H groups in total. The van der Waals surface area contributed by atoms with Crippen molar-refractivity contribution in [3.63, 3.8) is 0 Å². The Morgan fingerprint density at radius 1 is 1.09 bits per heavy atom. The van der Waals surface area contributed by atoms with Crippen molar-refractivity contribution in [1.82, 2.24) is 0 Å². The summed E-state index contributed by atoms with van der Waals surface area (Å²) in [5.41, 5.74) is 3.73. The number of likely N-dealkylation sites (N-methyl/N-ethyl adjacent to an activating group) is 1. The van der Waals surface area contributed by atoms with E-state index in [1.807, 2.05) is 24.3 Å². The number of Topliss-reactive ketones (excluding diaryl/α,β-unsaturated/α-hetero) is 2. The summed E-state index contributed by atoms with van der Waals surface area (Å²) in [6, 6.07) is 8.22. The van der Waals surface area contributed by atoms with E-state index in [-0.39, 0.29) is 11.6 Å². The molecule has 1 aromatic rings. The van der Waals surface area contributed by atoms with E-state index >= 15 is 0 Å². The molecule has 0 saturated carbocycles. The summed E-state index contributed by atoms with van der Waals surface area (Å²) < 4.78 is 1.23. The van der Waals surface area contributed by atoms with Crippen LogP contribution in [0.4, 0.5) is 5.69 Å². The van der Waals surface area contributed by atoms with Crippen molar-refractivity contribution in [2.45, 2.75) is 15.9 Å². The molecule has 1 fully saturated rings. The quantitative estimate of drug-likeness (QED) is 0.430. The van der Waals surface area contributed by atoms with Crippen LogP contribution in [0.2, 0.25) is 8.94 Å². The zero-order chi connectivity index (χ0) is 15.5. The Kier molecular flexibility index (Phi) is 4.61. The molecule has 0 aliphatic carbocycles. The maximum absolute atomic E-state index is 11.9. The third-order valence-electron chi connectivity index (χ3n) is 3.78. The van der Waals surface area contributed by atoms with Gasteiger partial charge in [-0.1, -0.05) is 0 Å². The number of carbonyl (C=O) groups excluding carboxylic acids is 2. The van der Waals surface area contributed by atoms with Crippen molar-refractivity contribution in [3.05, 3.63) is 59.3 Å². The number of rotatable bonds is 2. The molecule has 1 aromatic carbocycles. The van der Waals surface area contributed by atoms with Gasteiger partial charge in [-0.3, -0.25) is 0 Å². The molecule has 0 bridgehead atoms. The molecule has 0 amide bonds. The summed E-state index contributed by atoms with van der Waals surface area (Å²) in [5, 5.41) is 0. The minimum absolute atomic E-state index is 0.0266. The second kappa shape index (κ2) is 6.64. The fourth-order valence-corrected chi connectivity index (χ4v) is 4.92. The molecule has 0 atom stereocenters. The summed E-state index contributed by atoms with van der Waals surface area (Å²) in [6.45, 7) is 2.93. The summed E-state index contributed by atoms with van der Waals surface area (Å²) in [4.78, 5) is 26.0. The first-order valence-corrected chi connectivity index (χ1v) is 10.6. The summed E-state index contributed by atoms with van der Waals surface area (Å²) in [7, 11) is 0. The number of ketones is 2. The van der Waals surface area contributed by atoms with Gasteiger partial charge >= 0.3 is 140 Å². The number of para-hydroxylation sites is 1. The number of benzene rings is 1. The molecule has 2 aliphatic heterocycles. The fraction of sp³-hybridized carbons (Fsp3) is 0.222. The third-order valence-corrected chi connectivity index (χ3v) is 6.44. The Bertz CT molecular complexity index is 698. The number of hydrogen-bond acceptors (Lipinski definition) is 3. The predicted octanol–water partition coefficient (Wildman–Crippen LogP) is 3.04. The van der Waals surface area contributed by atoms with Gasteiger partial charge in [0, 0.05) is 0 Å². The van der Waals surface area contributed by atoms with Crippen molar-refractivity contribution in [1.29, 1.82) is 0 Å². The first-order valence-electron chi connectivity index (χ1n) is 7.31. The van der Waals surface area contributed by atoms with Gasteiger partial charge in [0.05, 0.1) is 0 Å². The van der Waals surface area contributed by atoms with Crippen molar-refractivity contribution in [2.75, 3.05) is 11.4 Å². The van der Waals surface area contributed by atoms with E-state index in [9.17, 15) is 9.59 Å². The van der Waals surface area contributed by atoms with Gasteiger partial charge in [0.2, 0.25) is 0 Å². The van der Waals surface area contributed by atoms with Crippen LogP contribution in [0.3, 0.4) is 0 Å². The molecule has 4 heteroatoms. The standard InChI is InChI=1S/C18H17NO2Te/c1-2-19-14(8-7-13-5-3-4-6-16(13)19)9-10-15-17(20)11-22-12-18(15)21/h3-10H,2,11-12H2,1H3. The summed E-state index contributed by atoms with van der Waals surface area (Å²) in [6.07, 6.45) is 7.72. The van der Waals surface area contributed by atoms with Gasteiger partial charge in [0.25, 0.3) is 0 Å². The number of fused-ring (bicyclic) bond motifs is 1. The van der Waals surface area contributed by atoms with Crippen LogP contribution in [-0.4, -0.2) is 39.0 Å². The molecule has 1 saturated heterocycles. The molecule has 112 valence electrons. The van der Waals surface area contributed by atoms with E-state index in [1.165, 1.54) is 5.56 Å². The molecular formula is C18H17NO2Te. The van der Waals surface area contributed by atoms with Crippen molar-refractivity contribution >= 4 is 44.3 Å². The normalized spacial score (nSPS) is 19.6. The van der Waals surface area contributed by atoms with Gasteiger partial charge in [-0.05, 0) is 0 Å². The number of carbonyl (C=O) groups is 2. The molecule has 0 aromatic heterocycles. The Labute approximate surface area is 140 Å². The Balaban J connectivity index is 1.95. The second-order valence-electron chi connectivity index (χ2n) is 5.15. The number of nitrogens with zero attached hydrogens (tertiary/aromatic N) is 1. The van der Waals surface area contributed by atoms with Gasteiger partial charge in [0.15, 0.2) is 0 Å². The van der Waals surface area contributed by atoms with Gasteiger partial charge in [-0.25, -0.2) is 0 Å². The first-order chi connectivity index (χ1) is 10.7. The van der Waals surface area contributed by atoms with Crippen LogP contribution in [0.1, 0.15) is 12.5 Å². The van der Waals surface area contributed by atoms with Gasteiger partial charge < -0.3 is 0 Å². The zero-order valence-electron chi connectivity index (χ0n) is 12.4. The van der Waals surface area contributed by atoms with Crippen LogP contribution >= 0.6 is 0 Å². The maximum atomic E-state index is 11.9. The molecule has 2 heterocycles. The van der Waals surface area contributed by atoms with Crippen molar-refractivity contribution < 1.29 is 9.59 Å². The molecule has 0 spiro atoms. The van der Waals surface area contributed by atoms with Gasteiger partial charge in [0.1, 0.15) is 0 Å². The summed E-state index contributed by atoms with van der Waals surface area (Å²) >= 11 is -0.422. The SMILES string of the molecule is CCN1C(=CC=C2C(=O)C[Te]CC2=O)C=Cc2ccccc21. The number of anilines is 1. The van der Waals surface area contributed by atoms with E-state index in [2.05, 4.69) is 30.0 Å². The van der Waals surface area contributed by atoms with Gasteiger partial charge in [-0.15, -0.1) is 0 Å². The molecule has 0 radical (unpaired) electrons. The Morgan fingerprint density at radius 2 is 1.82 bits per heavy atom. The Hall–Kier alpha value is -1.63. The third kappa shape index (κ3) is 2.95. The van der Waals surface area contributed by atoms with Crippen LogP contribution in [0.25, 0.3) is 6.08 Å². The average Bonchev–Trinajstić information content (AvgIpc) is 2.54. The molecule has 3 nitrogen and oxygen atoms in total. The van der Waals surface area contributed by atoms with E-state index in [4.69, 9.17) is 0 Å². The Morgan fingerprint density at radius 3 is 2.55 bits per heavy atom. The topological polar surface area (TPSA) is 37.4 Å². The molecule has 3 rings (SSSR count). The molecular weight excluding hydrogens is 390 g/mol. The van der Waals surface area contributed by atoms with E-state index in [1.54, 1.807) is 6.08 Å². The molecule has 22 heavy (non-hydrogen) atoms. The molecule has 0 unspecified atom stereocenters. The van der Waals surface area contributed by atoms with Crippen LogP contribution in [0.5, 0.6) is 0 Å². The monoisotopic (exact) mass is 409 g/mol. The van der Waals surface area contributed by atoms with E-state index < -0.39 is 20.9 Å². The minimum atomic E-state index is -0.422. The van der Waals surface area contributed by atoms with Crippen LogP contribution < -0.4 is 4.90 Å². The molecule has 2 aliphatic rings. The average molecular weight is 407 g/mol. The second-order valence-corrected chi connectivity index (χ2v) is 7.96. The first kappa shape index (κ1) is 15.3. The number of allylic oxidation sites excluding steroid dienone is 4. The van der Waals surface area contributed by atoms with Crippen LogP contribution in [0, 0.1) is 0 Å². The number of hydrogen-bond donors (Lipinski definition) is 0. The zero-order valence-corrected chi connectivity index (χ0v) is 14.7. The summed E-state index contributed by atoms with van der Waals surface area (Å²) in [5.74, 6) is 0.0532. The predicted molar refractivity (Wildman–Crippen MR) is 90.0 cm³/mol. The van der Waals surface area contributed by atoms with Crippen LogP contribution in [0.15, 0.2) is 53.8 Å². The van der Waals surface area contributed by atoms with E-state index in [0.29, 0.717) is 14.5 Å². The fourth-order valence-electron chi connectivity index (χ4n) is 2.68. The van der Waals surface area contributed by atoms with Crippen molar-refractivity contribution in [2.24, 2.45) is 0 Å². The van der Waals surface area contributed by atoms with E-state index in [0.717, 1.165) is 17.9 Å². The van der Waals surface area contributed by atoms with Crippen LogP contribution in [-0.2, 0) is 9.59 Å². The van der Waals surface area contributed by atoms with Gasteiger partial charge in [-0.2, -0.15) is 0 Å².